The number of hydrogen-bond acceptors (Lipinski definition) is 5. The van der Waals surface area contributed by atoms with Gasteiger partial charge in [-0.2, -0.15) is 0 Å². The fourth-order valence-corrected chi connectivity index (χ4v) is 1.71. The number of phenols is 1. The number of methoxy groups -OCH3 is 1. The molecular formula is C12H19ClN2O4. The number of benzene rings is 1. The zero-order valence-corrected chi connectivity index (χ0v) is 11.8. The Morgan fingerprint density at radius 3 is 2.63 bits per heavy atom. The first-order valence-corrected chi connectivity index (χ1v) is 5.82. The number of aromatic hydroxyl groups is 1. The van der Waals surface area contributed by atoms with Crippen LogP contribution < -0.4 is 10.5 Å². The third-order valence-corrected chi connectivity index (χ3v) is 2.79. The molecule has 0 fully saturated rings. The van der Waals surface area contributed by atoms with Gasteiger partial charge in [0.05, 0.1) is 12.0 Å². The molecule has 1 aromatic carbocycles. The molecule has 0 unspecified atom stereocenters. The largest absolute Gasteiger partial charge is 0.500 e. The minimum Gasteiger partial charge on any atom is -0.500 e. The van der Waals surface area contributed by atoms with Gasteiger partial charge >= 0.3 is 5.69 Å². The average Bonchev–Trinajstić information content (AvgIpc) is 2.35. The molecular weight excluding hydrogens is 272 g/mol. The van der Waals surface area contributed by atoms with Gasteiger partial charge in [0.25, 0.3) is 0 Å². The number of unbranched alkanes of at least 4 members (excludes halogenated alkanes) is 1. The fourth-order valence-electron chi connectivity index (χ4n) is 1.71. The van der Waals surface area contributed by atoms with Crippen molar-refractivity contribution in [2.45, 2.75) is 32.2 Å². The molecule has 1 atom stereocenters. The van der Waals surface area contributed by atoms with Gasteiger partial charge < -0.3 is 15.6 Å². The Labute approximate surface area is 118 Å². The van der Waals surface area contributed by atoms with E-state index in [4.69, 9.17) is 10.5 Å². The number of nitrogens with zero attached hydrogens (tertiary/aromatic N) is 1. The Morgan fingerprint density at radius 1 is 1.53 bits per heavy atom. The maximum atomic E-state index is 10.8. The van der Waals surface area contributed by atoms with Crippen molar-refractivity contribution in [3.05, 3.63) is 27.8 Å². The van der Waals surface area contributed by atoms with Crippen molar-refractivity contribution in [2.75, 3.05) is 7.11 Å². The molecule has 0 aromatic heterocycles. The van der Waals surface area contributed by atoms with E-state index in [9.17, 15) is 15.2 Å². The van der Waals surface area contributed by atoms with Crippen molar-refractivity contribution < 1.29 is 14.8 Å². The Morgan fingerprint density at radius 2 is 2.16 bits per heavy atom. The molecule has 7 heteroatoms. The van der Waals surface area contributed by atoms with Crippen molar-refractivity contribution in [3.8, 4) is 11.5 Å². The van der Waals surface area contributed by atoms with E-state index >= 15 is 0 Å². The second kappa shape index (κ2) is 7.81. The highest BCUT2D eigenvalue weighted by molar-refractivity contribution is 5.85. The van der Waals surface area contributed by atoms with E-state index in [2.05, 4.69) is 0 Å². The molecule has 108 valence electrons. The van der Waals surface area contributed by atoms with Gasteiger partial charge in [0, 0.05) is 12.1 Å². The minimum absolute atomic E-state index is 0. The number of nitro benzene ring substituents is 1. The van der Waals surface area contributed by atoms with Crippen molar-refractivity contribution in [3.63, 3.8) is 0 Å². The summed E-state index contributed by atoms with van der Waals surface area (Å²) in [5.41, 5.74) is 6.19. The molecule has 6 nitrogen and oxygen atoms in total. The van der Waals surface area contributed by atoms with Crippen molar-refractivity contribution in [1.82, 2.24) is 0 Å². The average molecular weight is 291 g/mol. The molecule has 0 saturated carbocycles. The summed E-state index contributed by atoms with van der Waals surface area (Å²) >= 11 is 0. The first-order chi connectivity index (χ1) is 8.51. The molecule has 0 amide bonds. The Kier molecular flexibility index (Phi) is 7.18. The van der Waals surface area contributed by atoms with E-state index in [-0.39, 0.29) is 29.9 Å². The van der Waals surface area contributed by atoms with Crippen LogP contribution in [0.5, 0.6) is 11.5 Å². The van der Waals surface area contributed by atoms with E-state index in [1.807, 2.05) is 6.92 Å². The van der Waals surface area contributed by atoms with Gasteiger partial charge in [-0.15, -0.1) is 12.4 Å². The molecule has 0 radical (unpaired) electrons. The van der Waals surface area contributed by atoms with Crippen LogP contribution in [0, 0.1) is 10.1 Å². The topological polar surface area (TPSA) is 98.6 Å². The highest BCUT2D eigenvalue weighted by Gasteiger charge is 2.21. The molecule has 0 saturated heterocycles. The van der Waals surface area contributed by atoms with E-state index in [0.717, 1.165) is 19.3 Å². The number of nitro groups is 1. The summed E-state index contributed by atoms with van der Waals surface area (Å²) in [7, 11) is 1.35. The van der Waals surface area contributed by atoms with Crippen LogP contribution >= 0.6 is 12.4 Å². The monoisotopic (exact) mass is 290 g/mol. The first-order valence-electron chi connectivity index (χ1n) is 5.82. The zero-order valence-electron chi connectivity index (χ0n) is 11.0. The second-order valence-electron chi connectivity index (χ2n) is 4.10. The predicted octanol–water partition coefficient (Wildman–Crippen LogP) is 2.92. The predicted molar refractivity (Wildman–Crippen MR) is 75.0 cm³/mol. The van der Waals surface area contributed by atoms with Gasteiger partial charge in [-0.25, -0.2) is 0 Å². The maximum absolute atomic E-state index is 10.8. The summed E-state index contributed by atoms with van der Waals surface area (Å²) in [5.74, 6) is -0.389. The zero-order chi connectivity index (χ0) is 13.7. The summed E-state index contributed by atoms with van der Waals surface area (Å²) in [6.45, 7) is 2.05. The number of ether oxygens (including phenoxy) is 1. The van der Waals surface area contributed by atoms with Crippen LogP contribution in [0.3, 0.4) is 0 Å². The summed E-state index contributed by atoms with van der Waals surface area (Å²) in [4.78, 5) is 10.2. The molecule has 0 aliphatic rings. The van der Waals surface area contributed by atoms with Gasteiger partial charge in [-0.3, -0.25) is 10.1 Å². The van der Waals surface area contributed by atoms with Gasteiger partial charge in [0.15, 0.2) is 5.75 Å². The normalized spacial score (nSPS) is 11.5. The first kappa shape index (κ1) is 17.5. The van der Waals surface area contributed by atoms with Gasteiger partial charge in [-0.1, -0.05) is 19.8 Å². The maximum Gasteiger partial charge on any atom is 0.314 e. The van der Waals surface area contributed by atoms with Crippen LogP contribution in [0.2, 0.25) is 0 Å². The van der Waals surface area contributed by atoms with Crippen LogP contribution in [-0.4, -0.2) is 17.1 Å². The lowest BCUT2D eigenvalue weighted by atomic mass is 10.0. The lowest BCUT2D eigenvalue weighted by molar-refractivity contribution is -0.386. The van der Waals surface area contributed by atoms with E-state index < -0.39 is 10.7 Å². The molecule has 0 spiro atoms. The Hall–Kier alpha value is -1.53. The Balaban J connectivity index is 0.00000324. The van der Waals surface area contributed by atoms with Crippen molar-refractivity contribution in [2.24, 2.45) is 5.73 Å². The van der Waals surface area contributed by atoms with Crippen molar-refractivity contribution in [1.29, 1.82) is 0 Å². The van der Waals surface area contributed by atoms with Crippen LogP contribution in [-0.2, 0) is 0 Å². The smallest absolute Gasteiger partial charge is 0.314 e. The fraction of sp³-hybridized carbons (Fsp3) is 0.500. The highest BCUT2D eigenvalue weighted by atomic mass is 35.5. The van der Waals surface area contributed by atoms with Crippen LogP contribution in [0.4, 0.5) is 5.69 Å². The van der Waals surface area contributed by atoms with E-state index in [0.29, 0.717) is 5.56 Å². The standard InChI is InChI=1S/C12H18N2O4.ClH/c1-3-4-5-9(13)8-6-10(14(16)17)12(15)11(7-8)18-2;/h6-7,9,15H,3-5,13H2,1-2H3;1H/t9-;/m0./s1. The second-order valence-corrected chi connectivity index (χ2v) is 4.10. The molecule has 3 N–H and O–H groups in total. The number of halogens is 1. The summed E-state index contributed by atoms with van der Waals surface area (Å²) in [5, 5.41) is 20.5. The van der Waals surface area contributed by atoms with E-state index in [1.165, 1.54) is 13.2 Å². The lowest BCUT2D eigenvalue weighted by Gasteiger charge is -2.13. The Bertz CT molecular complexity index is 440. The van der Waals surface area contributed by atoms with Gasteiger partial charge in [-0.05, 0) is 18.1 Å². The van der Waals surface area contributed by atoms with Crippen molar-refractivity contribution >= 4 is 18.1 Å². The molecule has 1 aromatic rings. The minimum atomic E-state index is -0.645. The number of rotatable bonds is 6. The number of nitrogens with two attached hydrogens (primary N) is 1. The molecule has 0 aliphatic carbocycles. The summed E-state index contributed by atoms with van der Waals surface area (Å²) in [6, 6.07) is 2.55. The van der Waals surface area contributed by atoms with Gasteiger partial charge in [0.2, 0.25) is 5.75 Å². The van der Waals surface area contributed by atoms with Gasteiger partial charge in [0.1, 0.15) is 0 Å². The third-order valence-electron chi connectivity index (χ3n) is 2.79. The lowest BCUT2D eigenvalue weighted by Crippen LogP contribution is -2.10. The molecule has 0 bridgehead atoms. The van der Waals surface area contributed by atoms with Crippen LogP contribution in [0.25, 0.3) is 0 Å². The van der Waals surface area contributed by atoms with Crippen LogP contribution in [0.15, 0.2) is 12.1 Å². The quantitative estimate of drug-likeness (QED) is 0.620. The molecule has 0 aliphatic heterocycles. The highest BCUT2D eigenvalue weighted by Crippen LogP contribution is 2.38. The third kappa shape index (κ3) is 4.25. The molecule has 19 heavy (non-hydrogen) atoms. The number of hydrogen-bond donors (Lipinski definition) is 2. The SMILES string of the molecule is CCCC[C@H](N)c1cc(OC)c(O)c([N+](=O)[O-])c1.Cl. The summed E-state index contributed by atoms with van der Waals surface area (Å²) in [6.07, 6.45) is 2.69. The van der Waals surface area contributed by atoms with Crippen LogP contribution in [0.1, 0.15) is 37.8 Å². The molecule has 0 heterocycles. The number of phenolic OH excluding ortho intramolecular Hbond substituents is 1. The molecule has 1 rings (SSSR count). The summed E-state index contributed by atoms with van der Waals surface area (Å²) < 4.78 is 4.92. The van der Waals surface area contributed by atoms with E-state index in [1.54, 1.807) is 6.07 Å².